The van der Waals surface area contributed by atoms with Gasteiger partial charge in [0, 0.05) is 23.5 Å². The molecular weight excluding hydrogens is 406 g/mol. The molecule has 0 saturated heterocycles. The van der Waals surface area contributed by atoms with Crippen LogP contribution in [0.25, 0.3) is 0 Å². The summed E-state index contributed by atoms with van der Waals surface area (Å²) in [6.45, 7) is 7.14. The number of benzene rings is 1. The zero-order valence-electron chi connectivity index (χ0n) is 15.7. The smallest absolute Gasteiger partial charge is 0.263 e. The van der Waals surface area contributed by atoms with Crippen LogP contribution >= 0.6 is 22.9 Å². The van der Waals surface area contributed by atoms with Crippen molar-refractivity contribution in [2.75, 3.05) is 17.8 Å². The van der Waals surface area contributed by atoms with Crippen molar-refractivity contribution in [2.24, 2.45) is 0 Å². The summed E-state index contributed by atoms with van der Waals surface area (Å²) in [7, 11) is -3.80. The number of sulfonamides is 1. The van der Waals surface area contributed by atoms with Crippen LogP contribution in [0.3, 0.4) is 0 Å². The van der Waals surface area contributed by atoms with Crippen molar-refractivity contribution in [1.29, 1.82) is 0 Å². The van der Waals surface area contributed by atoms with Gasteiger partial charge in [-0.25, -0.2) is 13.4 Å². The summed E-state index contributed by atoms with van der Waals surface area (Å²) in [4.78, 5) is 18.6. The molecule has 0 aliphatic rings. The highest BCUT2D eigenvalue weighted by Gasteiger charge is 2.20. The lowest BCUT2D eigenvalue weighted by Gasteiger charge is -2.20. The first-order chi connectivity index (χ1) is 12.8. The van der Waals surface area contributed by atoms with Crippen molar-refractivity contribution in [1.82, 2.24) is 9.88 Å². The van der Waals surface area contributed by atoms with Crippen LogP contribution in [0.2, 0.25) is 5.02 Å². The lowest BCUT2D eigenvalue weighted by atomic mass is 10.2. The number of aromatic nitrogens is 1. The molecule has 0 unspecified atom stereocenters. The first-order valence-electron chi connectivity index (χ1n) is 8.78. The number of thiazole rings is 1. The minimum atomic E-state index is -3.80. The Labute approximate surface area is 169 Å². The van der Waals surface area contributed by atoms with Crippen LogP contribution in [0, 0.1) is 6.92 Å². The zero-order valence-corrected chi connectivity index (χ0v) is 18.0. The number of carbonyl (C=O) groups is 1. The van der Waals surface area contributed by atoms with Gasteiger partial charge in [-0.3, -0.25) is 9.52 Å². The molecule has 1 heterocycles. The van der Waals surface area contributed by atoms with Crippen molar-refractivity contribution in [2.45, 2.75) is 44.9 Å². The Hall–Kier alpha value is -1.64. The summed E-state index contributed by atoms with van der Waals surface area (Å²) in [5.41, 5.74) is 1.04. The topological polar surface area (TPSA) is 79.4 Å². The Kier molecular flexibility index (Phi) is 7.64. The number of halogens is 1. The van der Waals surface area contributed by atoms with Gasteiger partial charge in [-0.05, 0) is 37.5 Å². The number of carbonyl (C=O) groups excluding carboxylic acids is 1. The molecule has 0 bridgehead atoms. The molecule has 0 aliphatic carbocycles. The molecule has 148 valence electrons. The molecule has 2 aromatic rings. The van der Waals surface area contributed by atoms with Gasteiger partial charge in [0.25, 0.3) is 10.0 Å². The molecule has 27 heavy (non-hydrogen) atoms. The van der Waals surface area contributed by atoms with Gasteiger partial charge >= 0.3 is 0 Å². The maximum atomic E-state index is 12.6. The fourth-order valence-electron chi connectivity index (χ4n) is 2.65. The lowest BCUT2D eigenvalue weighted by molar-refractivity contribution is -0.130. The van der Waals surface area contributed by atoms with E-state index >= 15 is 0 Å². The van der Waals surface area contributed by atoms with Gasteiger partial charge < -0.3 is 4.90 Å². The van der Waals surface area contributed by atoms with E-state index in [1.165, 1.54) is 6.07 Å². The molecule has 1 aromatic carbocycles. The molecule has 1 aromatic heterocycles. The van der Waals surface area contributed by atoms with E-state index < -0.39 is 10.0 Å². The van der Waals surface area contributed by atoms with Crippen LogP contribution in [0.5, 0.6) is 0 Å². The number of rotatable bonds is 9. The molecule has 0 atom stereocenters. The standard InChI is InChI=1S/C18H24ClN3O3S2/c1-4-9-22(10-5-2)17(23)11-14-12-26-18(20-14)21-27(24,25)16-8-6-7-15(19)13(16)3/h6-8,12H,4-5,9-11H2,1-3H3,(H,20,21). The average Bonchev–Trinajstić information content (AvgIpc) is 3.03. The average molecular weight is 430 g/mol. The first kappa shape index (κ1) is 21.7. The van der Waals surface area contributed by atoms with E-state index in [1.54, 1.807) is 24.4 Å². The number of anilines is 1. The Morgan fingerprint density at radius 2 is 1.93 bits per heavy atom. The quantitative estimate of drug-likeness (QED) is 0.650. The predicted octanol–water partition coefficient (Wildman–Crippen LogP) is 4.10. The van der Waals surface area contributed by atoms with Crippen LogP contribution in [0.4, 0.5) is 5.13 Å². The van der Waals surface area contributed by atoms with E-state index in [1.807, 2.05) is 18.7 Å². The largest absolute Gasteiger partial charge is 0.342 e. The van der Waals surface area contributed by atoms with Crippen LogP contribution in [-0.4, -0.2) is 37.3 Å². The van der Waals surface area contributed by atoms with E-state index in [0.717, 1.165) is 24.2 Å². The van der Waals surface area contributed by atoms with E-state index in [9.17, 15) is 13.2 Å². The Morgan fingerprint density at radius 1 is 1.26 bits per heavy atom. The molecule has 1 N–H and O–H groups in total. The molecule has 1 amide bonds. The molecule has 6 nitrogen and oxygen atoms in total. The van der Waals surface area contributed by atoms with Crippen LogP contribution in [0.1, 0.15) is 37.9 Å². The summed E-state index contributed by atoms with van der Waals surface area (Å²) in [5, 5.41) is 2.32. The highest BCUT2D eigenvalue weighted by atomic mass is 35.5. The van der Waals surface area contributed by atoms with Crippen LogP contribution in [-0.2, 0) is 21.2 Å². The van der Waals surface area contributed by atoms with Gasteiger partial charge in [-0.1, -0.05) is 31.5 Å². The van der Waals surface area contributed by atoms with Crippen LogP contribution < -0.4 is 4.72 Å². The van der Waals surface area contributed by atoms with E-state index in [4.69, 9.17) is 11.6 Å². The molecule has 0 fully saturated rings. The number of hydrogen-bond donors (Lipinski definition) is 1. The predicted molar refractivity (Wildman–Crippen MR) is 110 cm³/mol. The van der Waals surface area contributed by atoms with Crippen molar-refractivity contribution in [3.63, 3.8) is 0 Å². The zero-order chi connectivity index (χ0) is 20.0. The van der Waals surface area contributed by atoms with Gasteiger partial charge in [-0.2, -0.15) is 0 Å². The second-order valence-electron chi connectivity index (χ2n) is 6.17. The first-order valence-corrected chi connectivity index (χ1v) is 11.5. The van der Waals surface area contributed by atoms with Crippen LogP contribution in [0.15, 0.2) is 28.5 Å². The van der Waals surface area contributed by atoms with E-state index in [2.05, 4.69) is 9.71 Å². The van der Waals surface area contributed by atoms with Gasteiger partial charge in [0.05, 0.1) is 17.0 Å². The molecule has 0 aliphatic heterocycles. The van der Waals surface area contributed by atoms with Gasteiger partial charge in [0.1, 0.15) is 0 Å². The lowest BCUT2D eigenvalue weighted by Crippen LogP contribution is -2.33. The fourth-order valence-corrected chi connectivity index (χ4v) is 5.11. The third-order valence-electron chi connectivity index (χ3n) is 3.95. The number of amides is 1. The number of nitrogens with one attached hydrogen (secondary N) is 1. The van der Waals surface area contributed by atoms with E-state index in [0.29, 0.717) is 29.4 Å². The molecule has 0 spiro atoms. The molecule has 0 saturated carbocycles. The van der Waals surface area contributed by atoms with Gasteiger partial charge in [0.15, 0.2) is 5.13 Å². The van der Waals surface area contributed by atoms with Gasteiger partial charge in [0.2, 0.25) is 5.91 Å². The molecule has 2 rings (SSSR count). The minimum absolute atomic E-state index is 0.00379. The summed E-state index contributed by atoms with van der Waals surface area (Å²) in [6, 6.07) is 4.72. The normalized spacial score (nSPS) is 11.4. The van der Waals surface area contributed by atoms with Crippen molar-refractivity contribution in [3.05, 3.63) is 39.9 Å². The highest BCUT2D eigenvalue weighted by Crippen LogP contribution is 2.26. The SMILES string of the molecule is CCCN(CCC)C(=O)Cc1csc(NS(=O)(=O)c2cccc(Cl)c2C)n1. The highest BCUT2D eigenvalue weighted by molar-refractivity contribution is 7.93. The second-order valence-corrected chi connectivity index (χ2v) is 9.09. The van der Waals surface area contributed by atoms with Crippen molar-refractivity contribution in [3.8, 4) is 0 Å². The fraction of sp³-hybridized carbons (Fsp3) is 0.444. The Balaban J connectivity index is 2.11. The summed E-state index contributed by atoms with van der Waals surface area (Å²) >= 11 is 7.17. The summed E-state index contributed by atoms with van der Waals surface area (Å²) < 4.78 is 27.7. The maximum absolute atomic E-state index is 12.6. The second kappa shape index (κ2) is 9.52. The summed E-state index contributed by atoms with van der Waals surface area (Å²) in [5.74, 6) is 0.00379. The monoisotopic (exact) mass is 429 g/mol. The number of nitrogens with zero attached hydrogens (tertiary/aromatic N) is 2. The molecular formula is C18H24ClN3O3S2. The Bertz CT molecular complexity index is 891. The summed E-state index contributed by atoms with van der Waals surface area (Å²) in [6.07, 6.45) is 1.95. The molecule has 0 radical (unpaired) electrons. The molecule has 9 heteroatoms. The minimum Gasteiger partial charge on any atom is -0.342 e. The number of hydrogen-bond acceptors (Lipinski definition) is 5. The van der Waals surface area contributed by atoms with Crippen molar-refractivity contribution >= 4 is 44.0 Å². The van der Waals surface area contributed by atoms with Crippen molar-refractivity contribution < 1.29 is 13.2 Å². The van der Waals surface area contributed by atoms with Gasteiger partial charge in [-0.15, -0.1) is 11.3 Å². The Morgan fingerprint density at radius 3 is 2.56 bits per heavy atom. The third kappa shape index (κ3) is 5.67. The van der Waals surface area contributed by atoms with E-state index in [-0.39, 0.29) is 22.4 Å². The maximum Gasteiger partial charge on any atom is 0.263 e. The third-order valence-corrected chi connectivity index (χ3v) is 6.78.